The van der Waals surface area contributed by atoms with Crippen molar-refractivity contribution in [3.63, 3.8) is 0 Å². The summed E-state index contributed by atoms with van der Waals surface area (Å²) in [6.45, 7) is 8.55. The Morgan fingerprint density at radius 3 is 2.66 bits per heavy atom. The van der Waals surface area contributed by atoms with Crippen LogP contribution in [0.25, 0.3) is 0 Å². The van der Waals surface area contributed by atoms with E-state index in [-0.39, 0.29) is 18.2 Å². The van der Waals surface area contributed by atoms with Gasteiger partial charge in [-0.15, -0.1) is 11.3 Å². The van der Waals surface area contributed by atoms with Gasteiger partial charge in [0.1, 0.15) is 5.69 Å². The fourth-order valence-electron chi connectivity index (χ4n) is 2.69. The van der Waals surface area contributed by atoms with E-state index in [9.17, 15) is 9.59 Å². The minimum atomic E-state index is -0.148. The van der Waals surface area contributed by atoms with Crippen LogP contribution < -0.4 is 10.6 Å². The molecule has 2 amide bonds. The summed E-state index contributed by atoms with van der Waals surface area (Å²) in [5, 5.41) is 8.72. The van der Waals surface area contributed by atoms with Gasteiger partial charge >= 0.3 is 0 Å². The number of amides is 2. The lowest BCUT2D eigenvalue weighted by Gasteiger charge is -2.22. The third-order valence-electron chi connectivity index (χ3n) is 4.35. The summed E-state index contributed by atoms with van der Waals surface area (Å²) in [5.74, 6) is 0.213. The van der Waals surface area contributed by atoms with E-state index in [4.69, 9.17) is 0 Å². The van der Waals surface area contributed by atoms with E-state index in [1.165, 1.54) is 11.3 Å². The highest BCUT2D eigenvalue weighted by Crippen LogP contribution is 2.18. The van der Waals surface area contributed by atoms with Crippen LogP contribution in [0.15, 0.2) is 35.7 Å². The van der Waals surface area contributed by atoms with Gasteiger partial charge in [0.2, 0.25) is 5.91 Å². The van der Waals surface area contributed by atoms with Gasteiger partial charge in [0.05, 0.1) is 0 Å². The number of thiazole rings is 1. The van der Waals surface area contributed by atoms with E-state index in [1.807, 2.05) is 30.3 Å². The van der Waals surface area contributed by atoms with Gasteiger partial charge < -0.3 is 15.5 Å². The number of carbonyl (C=O) groups is 2. The molecule has 2 aromatic rings. The molecule has 0 aliphatic heterocycles. The molecule has 0 saturated carbocycles. The van der Waals surface area contributed by atoms with Gasteiger partial charge in [0, 0.05) is 38.0 Å². The average Bonchev–Trinajstić information content (AvgIpc) is 3.19. The van der Waals surface area contributed by atoms with E-state index in [2.05, 4.69) is 36.4 Å². The maximum absolute atomic E-state index is 13.1. The lowest BCUT2D eigenvalue weighted by Crippen LogP contribution is -2.36. The van der Waals surface area contributed by atoms with Crippen molar-refractivity contribution in [3.05, 3.63) is 47.0 Å². The van der Waals surface area contributed by atoms with Gasteiger partial charge in [0.25, 0.3) is 5.91 Å². The van der Waals surface area contributed by atoms with Crippen LogP contribution in [0.2, 0.25) is 0 Å². The molecular weight excluding hydrogens is 384 g/mol. The summed E-state index contributed by atoms with van der Waals surface area (Å²) >= 11 is 1.44. The van der Waals surface area contributed by atoms with Crippen molar-refractivity contribution in [3.8, 4) is 0 Å². The molecule has 6 nitrogen and oxygen atoms in total. The summed E-state index contributed by atoms with van der Waals surface area (Å²) in [7, 11) is 0. The van der Waals surface area contributed by atoms with Crippen LogP contribution >= 0.6 is 11.3 Å². The Hall–Kier alpha value is -2.41. The Balaban J connectivity index is 2.03. The zero-order chi connectivity index (χ0) is 21.1. The predicted octanol–water partition coefficient (Wildman–Crippen LogP) is 4.16. The van der Waals surface area contributed by atoms with Crippen LogP contribution in [0.5, 0.6) is 0 Å². The monoisotopic (exact) mass is 416 g/mol. The highest BCUT2D eigenvalue weighted by Gasteiger charge is 2.20. The molecule has 0 saturated heterocycles. The van der Waals surface area contributed by atoms with Crippen LogP contribution in [0.4, 0.5) is 5.13 Å². The Bertz CT molecular complexity index is 761. The second-order valence-corrected chi connectivity index (χ2v) is 8.34. The highest BCUT2D eigenvalue weighted by atomic mass is 32.1. The standard InChI is InChI=1S/C22H32N4O2S/c1-4-5-12-23-22-25-19(16-29-22)21(28)26(15-18-9-7-6-8-10-18)13-11-20(27)24-14-17(2)3/h6-10,16-17H,4-5,11-15H2,1-3H3,(H,23,25)(H,24,27). The third kappa shape index (κ3) is 8.23. The highest BCUT2D eigenvalue weighted by molar-refractivity contribution is 7.13. The molecule has 0 atom stereocenters. The van der Waals surface area contributed by atoms with Gasteiger partial charge in [-0.3, -0.25) is 9.59 Å². The molecule has 0 radical (unpaired) electrons. The summed E-state index contributed by atoms with van der Waals surface area (Å²) in [4.78, 5) is 31.4. The van der Waals surface area contributed by atoms with Crippen LogP contribution in [0, 0.1) is 5.92 Å². The Labute approximate surface area is 177 Å². The van der Waals surface area contributed by atoms with Gasteiger partial charge in [0.15, 0.2) is 5.13 Å². The molecule has 0 fully saturated rings. The second-order valence-electron chi connectivity index (χ2n) is 7.48. The van der Waals surface area contributed by atoms with Crippen LogP contribution in [0.3, 0.4) is 0 Å². The molecule has 0 unspecified atom stereocenters. The zero-order valence-electron chi connectivity index (χ0n) is 17.6. The first-order valence-corrected chi connectivity index (χ1v) is 11.2. The van der Waals surface area contributed by atoms with Crippen LogP contribution in [-0.4, -0.2) is 41.3 Å². The lowest BCUT2D eigenvalue weighted by molar-refractivity contribution is -0.121. The van der Waals surface area contributed by atoms with E-state index >= 15 is 0 Å². The minimum Gasteiger partial charge on any atom is -0.362 e. The fraction of sp³-hybridized carbons (Fsp3) is 0.500. The molecule has 0 aliphatic carbocycles. The average molecular weight is 417 g/mol. The molecule has 1 aromatic carbocycles. The van der Waals surface area contributed by atoms with Crippen molar-refractivity contribution in [1.82, 2.24) is 15.2 Å². The van der Waals surface area contributed by atoms with Crippen LogP contribution in [-0.2, 0) is 11.3 Å². The van der Waals surface area contributed by atoms with Crippen molar-refractivity contribution in [2.45, 2.75) is 46.6 Å². The number of hydrogen-bond donors (Lipinski definition) is 2. The van der Waals surface area contributed by atoms with E-state index < -0.39 is 0 Å². The fourth-order valence-corrected chi connectivity index (χ4v) is 3.40. The van der Waals surface area contributed by atoms with Crippen molar-refractivity contribution in [2.75, 3.05) is 25.0 Å². The molecule has 0 bridgehead atoms. The van der Waals surface area contributed by atoms with Gasteiger partial charge in [-0.05, 0) is 17.9 Å². The quantitative estimate of drug-likeness (QED) is 0.510. The molecule has 2 N–H and O–H groups in total. The predicted molar refractivity (Wildman–Crippen MR) is 119 cm³/mol. The topological polar surface area (TPSA) is 74.3 Å². The first-order chi connectivity index (χ1) is 14.0. The molecule has 2 rings (SSSR count). The van der Waals surface area contributed by atoms with Gasteiger partial charge in [-0.1, -0.05) is 57.5 Å². The van der Waals surface area contributed by atoms with Crippen molar-refractivity contribution >= 4 is 28.3 Å². The zero-order valence-corrected chi connectivity index (χ0v) is 18.4. The van der Waals surface area contributed by atoms with Gasteiger partial charge in [-0.25, -0.2) is 4.98 Å². The van der Waals surface area contributed by atoms with E-state index in [0.717, 1.165) is 30.1 Å². The minimum absolute atomic E-state index is 0.0373. The van der Waals surface area contributed by atoms with Gasteiger partial charge in [-0.2, -0.15) is 0 Å². The second kappa shape index (κ2) is 12.2. The maximum atomic E-state index is 13.1. The number of anilines is 1. The number of unbranched alkanes of at least 4 members (excludes halogenated alkanes) is 1. The number of rotatable bonds is 12. The Morgan fingerprint density at radius 1 is 1.21 bits per heavy atom. The lowest BCUT2D eigenvalue weighted by atomic mass is 10.2. The largest absolute Gasteiger partial charge is 0.362 e. The number of nitrogens with one attached hydrogen (secondary N) is 2. The molecule has 158 valence electrons. The number of aromatic nitrogens is 1. The number of benzene rings is 1. The molecule has 1 heterocycles. The SMILES string of the molecule is CCCCNc1nc(C(=O)N(CCC(=O)NCC(C)C)Cc2ccccc2)cs1. The smallest absolute Gasteiger partial charge is 0.273 e. The molecular formula is C22H32N4O2S. The molecule has 29 heavy (non-hydrogen) atoms. The van der Waals surface area contributed by atoms with Crippen molar-refractivity contribution < 1.29 is 9.59 Å². The Kier molecular flexibility index (Phi) is 9.64. The normalized spacial score (nSPS) is 10.8. The summed E-state index contributed by atoms with van der Waals surface area (Å²) in [5.41, 5.74) is 1.45. The summed E-state index contributed by atoms with van der Waals surface area (Å²) in [6, 6.07) is 9.82. The molecule has 0 aliphatic rings. The summed E-state index contributed by atoms with van der Waals surface area (Å²) < 4.78 is 0. The summed E-state index contributed by atoms with van der Waals surface area (Å²) in [6.07, 6.45) is 2.44. The van der Waals surface area contributed by atoms with E-state index in [0.29, 0.717) is 31.2 Å². The first-order valence-electron chi connectivity index (χ1n) is 10.3. The molecule has 0 spiro atoms. The van der Waals surface area contributed by atoms with Crippen molar-refractivity contribution in [2.24, 2.45) is 5.92 Å². The Morgan fingerprint density at radius 2 is 1.97 bits per heavy atom. The third-order valence-corrected chi connectivity index (χ3v) is 5.15. The molecule has 1 aromatic heterocycles. The van der Waals surface area contributed by atoms with Crippen molar-refractivity contribution in [1.29, 1.82) is 0 Å². The number of nitrogens with zero attached hydrogens (tertiary/aromatic N) is 2. The number of carbonyl (C=O) groups excluding carboxylic acids is 2. The van der Waals surface area contributed by atoms with E-state index in [1.54, 1.807) is 10.3 Å². The maximum Gasteiger partial charge on any atom is 0.273 e. The number of hydrogen-bond acceptors (Lipinski definition) is 5. The van der Waals surface area contributed by atoms with Crippen LogP contribution in [0.1, 0.15) is 56.1 Å². The first kappa shape index (κ1) is 22.9. The molecule has 7 heteroatoms.